The van der Waals surface area contributed by atoms with Crippen LogP contribution in [-0.4, -0.2) is 10.4 Å². The molecule has 3 nitrogen and oxygen atoms in total. The molecule has 1 atom stereocenters. The highest BCUT2D eigenvalue weighted by Crippen LogP contribution is 2.10. The molecule has 0 aliphatic rings. The van der Waals surface area contributed by atoms with Crippen molar-refractivity contribution < 1.29 is 15.3 Å². The Balaban J connectivity index is 2.75. The molecule has 0 aliphatic carbocycles. The zero-order valence-electron chi connectivity index (χ0n) is 5.27. The molecule has 0 bridgehead atoms. The van der Waals surface area contributed by atoms with Gasteiger partial charge in [-0.2, -0.15) is 0 Å². The quantitative estimate of drug-likeness (QED) is 0.368. The molecule has 3 heteroatoms. The summed E-state index contributed by atoms with van der Waals surface area (Å²) in [4.78, 5) is 3.69. The number of hydrogen-bond acceptors (Lipinski definition) is 3. The smallest absolute Gasteiger partial charge is 0.214 e. The lowest BCUT2D eigenvalue weighted by Gasteiger charge is -2.04. The van der Waals surface area contributed by atoms with Crippen molar-refractivity contribution in [3.8, 4) is 0 Å². The van der Waals surface area contributed by atoms with E-state index in [0.717, 1.165) is 0 Å². The largest absolute Gasteiger partial charge is 0.362 e. The number of benzene rings is 1. The van der Waals surface area contributed by atoms with Crippen LogP contribution in [0.4, 0.5) is 0 Å². The molecule has 0 aliphatic heterocycles. The molecule has 0 fully saturated rings. The summed E-state index contributed by atoms with van der Waals surface area (Å²) in [5.41, 5.74) is 0.532. The van der Waals surface area contributed by atoms with Gasteiger partial charge in [0.1, 0.15) is 0 Å². The highest BCUT2D eigenvalue weighted by molar-refractivity contribution is 5.15. The topological polar surface area (TPSA) is 49.7 Å². The van der Waals surface area contributed by atoms with E-state index in [9.17, 15) is 0 Å². The van der Waals surface area contributed by atoms with Crippen LogP contribution in [0.15, 0.2) is 30.3 Å². The fourth-order valence-electron chi connectivity index (χ4n) is 0.679. The fraction of sp³-hybridized carbons (Fsp3) is 0.143. The Hall–Kier alpha value is -0.900. The van der Waals surface area contributed by atoms with Gasteiger partial charge in [-0.15, -0.1) is 0 Å². The molecule has 0 spiro atoms. The van der Waals surface area contributed by atoms with Gasteiger partial charge in [-0.1, -0.05) is 30.3 Å². The molecule has 0 amide bonds. The Labute approximate surface area is 58.4 Å². The molecule has 0 aromatic heterocycles. The van der Waals surface area contributed by atoms with Crippen molar-refractivity contribution in [2.45, 2.75) is 6.29 Å². The van der Waals surface area contributed by atoms with Crippen molar-refractivity contribution in [1.29, 1.82) is 0 Å². The van der Waals surface area contributed by atoms with Crippen LogP contribution in [0.2, 0.25) is 0 Å². The molecule has 1 rings (SSSR count). The third-order valence-electron chi connectivity index (χ3n) is 1.18. The zero-order chi connectivity index (χ0) is 7.40. The molecule has 1 aromatic rings. The van der Waals surface area contributed by atoms with E-state index in [-0.39, 0.29) is 0 Å². The maximum absolute atomic E-state index is 8.86. The standard InChI is InChI=1S/C7H8O3/c8-7(10-9)6-4-2-1-3-5-6/h1-5,7-9H. The Morgan fingerprint density at radius 1 is 1.20 bits per heavy atom. The maximum atomic E-state index is 8.86. The fourth-order valence-corrected chi connectivity index (χ4v) is 0.679. The van der Waals surface area contributed by atoms with E-state index in [1.54, 1.807) is 24.3 Å². The van der Waals surface area contributed by atoms with Crippen LogP contribution in [0.25, 0.3) is 0 Å². The molecule has 10 heavy (non-hydrogen) atoms. The van der Waals surface area contributed by atoms with Crippen LogP contribution in [0.1, 0.15) is 11.9 Å². The van der Waals surface area contributed by atoms with E-state index in [1.165, 1.54) is 0 Å². The SMILES string of the molecule is OOC(O)c1ccccc1. The van der Waals surface area contributed by atoms with Crippen LogP contribution in [0.3, 0.4) is 0 Å². The number of rotatable bonds is 2. The van der Waals surface area contributed by atoms with Crippen molar-refractivity contribution in [3.05, 3.63) is 35.9 Å². The number of aliphatic hydroxyl groups is 1. The summed E-state index contributed by atoms with van der Waals surface area (Å²) in [7, 11) is 0. The highest BCUT2D eigenvalue weighted by Gasteiger charge is 2.03. The van der Waals surface area contributed by atoms with Gasteiger partial charge < -0.3 is 5.11 Å². The molecule has 1 aromatic carbocycles. The molecule has 0 heterocycles. The monoisotopic (exact) mass is 140 g/mol. The Kier molecular flexibility index (Phi) is 2.39. The van der Waals surface area contributed by atoms with Gasteiger partial charge in [-0.05, 0) is 0 Å². The van der Waals surface area contributed by atoms with Crippen LogP contribution < -0.4 is 0 Å². The van der Waals surface area contributed by atoms with Crippen LogP contribution in [0.5, 0.6) is 0 Å². The molecule has 0 saturated heterocycles. The second kappa shape index (κ2) is 3.31. The van der Waals surface area contributed by atoms with Crippen molar-refractivity contribution >= 4 is 0 Å². The van der Waals surface area contributed by atoms with E-state index in [1.807, 2.05) is 6.07 Å². The van der Waals surface area contributed by atoms with Crippen LogP contribution in [-0.2, 0) is 4.89 Å². The van der Waals surface area contributed by atoms with Crippen LogP contribution in [0, 0.1) is 0 Å². The third kappa shape index (κ3) is 1.54. The van der Waals surface area contributed by atoms with Crippen molar-refractivity contribution in [1.82, 2.24) is 0 Å². The molecule has 2 N–H and O–H groups in total. The van der Waals surface area contributed by atoms with E-state index in [4.69, 9.17) is 10.4 Å². The lowest BCUT2D eigenvalue weighted by Crippen LogP contribution is -1.98. The minimum Gasteiger partial charge on any atom is -0.362 e. The Morgan fingerprint density at radius 2 is 1.80 bits per heavy atom. The van der Waals surface area contributed by atoms with Crippen LogP contribution >= 0.6 is 0 Å². The van der Waals surface area contributed by atoms with Crippen molar-refractivity contribution in [2.24, 2.45) is 0 Å². The molecular weight excluding hydrogens is 132 g/mol. The van der Waals surface area contributed by atoms with E-state index in [0.29, 0.717) is 5.56 Å². The lowest BCUT2D eigenvalue weighted by atomic mass is 10.2. The minimum absolute atomic E-state index is 0.532. The van der Waals surface area contributed by atoms with Gasteiger partial charge in [0.25, 0.3) is 0 Å². The molecule has 54 valence electrons. The predicted molar refractivity (Wildman–Crippen MR) is 35.1 cm³/mol. The van der Waals surface area contributed by atoms with Gasteiger partial charge in [0, 0.05) is 5.56 Å². The second-order valence-corrected chi connectivity index (χ2v) is 1.87. The first-order valence-electron chi connectivity index (χ1n) is 2.88. The summed E-state index contributed by atoms with van der Waals surface area (Å²) in [6.07, 6.45) is -1.24. The predicted octanol–water partition coefficient (Wildman–Crippen LogP) is 1.17. The third-order valence-corrected chi connectivity index (χ3v) is 1.18. The molecule has 0 saturated carbocycles. The second-order valence-electron chi connectivity index (χ2n) is 1.87. The summed E-state index contributed by atoms with van der Waals surface area (Å²) in [5, 5.41) is 16.9. The molecule has 1 unspecified atom stereocenters. The lowest BCUT2D eigenvalue weighted by molar-refractivity contribution is -0.339. The number of hydrogen-bond donors (Lipinski definition) is 2. The van der Waals surface area contributed by atoms with Gasteiger partial charge >= 0.3 is 0 Å². The summed E-state index contributed by atoms with van der Waals surface area (Å²) < 4.78 is 0. The summed E-state index contributed by atoms with van der Waals surface area (Å²) in [6.45, 7) is 0. The van der Waals surface area contributed by atoms with E-state index in [2.05, 4.69) is 4.89 Å². The van der Waals surface area contributed by atoms with Gasteiger partial charge in [0.2, 0.25) is 6.29 Å². The van der Waals surface area contributed by atoms with E-state index < -0.39 is 6.29 Å². The van der Waals surface area contributed by atoms with Crippen molar-refractivity contribution in [3.63, 3.8) is 0 Å². The first-order valence-corrected chi connectivity index (χ1v) is 2.88. The molecule has 0 radical (unpaired) electrons. The number of aliphatic hydroxyl groups excluding tert-OH is 1. The Bertz CT molecular complexity index is 185. The van der Waals surface area contributed by atoms with Gasteiger partial charge in [-0.3, -0.25) is 0 Å². The summed E-state index contributed by atoms with van der Waals surface area (Å²) >= 11 is 0. The highest BCUT2D eigenvalue weighted by atomic mass is 17.1. The van der Waals surface area contributed by atoms with Crippen molar-refractivity contribution in [2.75, 3.05) is 0 Å². The molecular formula is C7H8O3. The van der Waals surface area contributed by atoms with E-state index >= 15 is 0 Å². The van der Waals surface area contributed by atoms with Gasteiger partial charge in [0.15, 0.2) is 0 Å². The first-order chi connectivity index (χ1) is 4.84. The Morgan fingerprint density at radius 3 is 2.30 bits per heavy atom. The minimum atomic E-state index is -1.24. The normalized spacial score (nSPS) is 13.0. The first kappa shape index (κ1) is 7.21. The van der Waals surface area contributed by atoms with Gasteiger partial charge in [-0.25, -0.2) is 10.1 Å². The van der Waals surface area contributed by atoms with Gasteiger partial charge in [0.05, 0.1) is 0 Å². The summed E-state index contributed by atoms with van der Waals surface area (Å²) in [5.74, 6) is 0. The average Bonchev–Trinajstić information content (AvgIpc) is 2.05. The summed E-state index contributed by atoms with van der Waals surface area (Å²) in [6, 6.07) is 8.62. The zero-order valence-corrected chi connectivity index (χ0v) is 5.27. The average molecular weight is 140 g/mol. The maximum Gasteiger partial charge on any atom is 0.214 e.